The molecule has 3 heteroatoms. The number of aromatic nitrogens is 1. The van der Waals surface area contributed by atoms with Crippen LogP contribution in [-0.4, -0.2) is 10.1 Å². The van der Waals surface area contributed by atoms with Gasteiger partial charge in [-0.3, -0.25) is 0 Å². The summed E-state index contributed by atoms with van der Waals surface area (Å²) in [4.78, 5) is 3.12. The van der Waals surface area contributed by atoms with Gasteiger partial charge < -0.3 is 14.8 Å². The zero-order valence-corrected chi connectivity index (χ0v) is 9.05. The van der Waals surface area contributed by atoms with Gasteiger partial charge in [-0.2, -0.15) is 0 Å². The van der Waals surface area contributed by atoms with Crippen molar-refractivity contribution in [2.45, 2.75) is 0 Å². The van der Waals surface area contributed by atoms with Crippen molar-refractivity contribution in [2.24, 2.45) is 0 Å². The molecule has 0 bridgehead atoms. The van der Waals surface area contributed by atoms with Crippen LogP contribution in [0.2, 0.25) is 0 Å². The minimum absolute atomic E-state index is 0.140. The molecule has 0 unspecified atom stereocenters. The summed E-state index contributed by atoms with van der Waals surface area (Å²) in [5.74, 6) is 1.31. The van der Waals surface area contributed by atoms with E-state index < -0.39 is 0 Å². The third kappa shape index (κ3) is 1.83. The molecule has 0 fully saturated rings. The highest BCUT2D eigenvalue weighted by molar-refractivity contribution is 5.80. The number of fused-ring (bicyclic) bond motifs is 1. The summed E-state index contributed by atoms with van der Waals surface area (Å²) in [6.45, 7) is 0. The number of benzene rings is 2. The van der Waals surface area contributed by atoms with Gasteiger partial charge in [0, 0.05) is 17.1 Å². The second-order valence-corrected chi connectivity index (χ2v) is 3.80. The number of phenols is 1. The molecule has 2 N–H and O–H groups in total. The maximum absolute atomic E-state index is 9.61. The fourth-order valence-corrected chi connectivity index (χ4v) is 1.77. The topological polar surface area (TPSA) is 45.2 Å². The maximum Gasteiger partial charge on any atom is 0.169 e. The van der Waals surface area contributed by atoms with Gasteiger partial charge in [-0.15, -0.1) is 0 Å². The van der Waals surface area contributed by atoms with E-state index in [0.717, 1.165) is 10.9 Å². The molecule has 0 spiro atoms. The van der Waals surface area contributed by atoms with Crippen molar-refractivity contribution in [3.8, 4) is 17.2 Å². The number of H-pyrrole nitrogens is 1. The van der Waals surface area contributed by atoms with Gasteiger partial charge in [0.25, 0.3) is 0 Å². The maximum atomic E-state index is 9.61. The Labute approximate surface area is 98.3 Å². The minimum atomic E-state index is 0.140. The Morgan fingerprint density at radius 2 is 1.88 bits per heavy atom. The van der Waals surface area contributed by atoms with Gasteiger partial charge in [0.1, 0.15) is 5.75 Å². The van der Waals surface area contributed by atoms with Crippen LogP contribution < -0.4 is 4.74 Å². The highest BCUT2D eigenvalue weighted by atomic mass is 16.5. The Kier molecular flexibility index (Phi) is 2.22. The number of phenolic OH excluding ortho intramolecular Hbond substituents is 1. The van der Waals surface area contributed by atoms with Gasteiger partial charge >= 0.3 is 0 Å². The van der Waals surface area contributed by atoms with E-state index in [2.05, 4.69) is 4.98 Å². The molecule has 17 heavy (non-hydrogen) atoms. The van der Waals surface area contributed by atoms with Crippen LogP contribution in [-0.2, 0) is 0 Å². The molecule has 0 aliphatic carbocycles. The largest absolute Gasteiger partial charge is 0.504 e. The highest BCUT2D eigenvalue weighted by Gasteiger charge is 2.03. The van der Waals surface area contributed by atoms with E-state index in [9.17, 15) is 5.11 Å². The number of ether oxygens (including phenoxy) is 1. The van der Waals surface area contributed by atoms with Crippen LogP contribution in [0.25, 0.3) is 10.9 Å². The number of aromatic hydroxyl groups is 1. The number of rotatable bonds is 2. The predicted octanol–water partition coefficient (Wildman–Crippen LogP) is 3.67. The Bertz CT molecular complexity index is 658. The van der Waals surface area contributed by atoms with E-state index in [-0.39, 0.29) is 5.75 Å². The quantitative estimate of drug-likeness (QED) is 0.699. The first kappa shape index (κ1) is 9.78. The number of aromatic amines is 1. The minimum Gasteiger partial charge on any atom is -0.504 e. The van der Waals surface area contributed by atoms with Crippen LogP contribution in [0.1, 0.15) is 0 Å². The Balaban J connectivity index is 1.97. The molecule has 2 aromatic carbocycles. The van der Waals surface area contributed by atoms with Crippen LogP contribution in [0, 0.1) is 0 Å². The number of nitrogens with one attached hydrogen (secondary N) is 1. The average Bonchev–Trinajstić information content (AvgIpc) is 2.79. The molecule has 3 aromatic rings. The van der Waals surface area contributed by atoms with Crippen molar-refractivity contribution >= 4 is 10.9 Å². The van der Waals surface area contributed by atoms with Crippen molar-refractivity contribution < 1.29 is 9.84 Å². The summed E-state index contributed by atoms with van der Waals surface area (Å²) in [6, 6.07) is 14.6. The Morgan fingerprint density at radius 1 is 1.00 bits per heavy atom. The molecule has 0 aliphatic rings. The van der Waals surface area contributed by atoms with Gasteiger partial charge in [-0.05, 0) is 36.4 Å². The van der Waals surface area contributed by atoms with Crippen molar-refractivity contribution in [1.29, 1.82) is 0 Å². The van der Waals surface area contributed by atoms with Crippen molar-refractivity contribution in [3.63, 3.8) is 0 Å². The lowest BCUT2D eigenvalue weighted by molar-refractivity contribution is 0.411. The third-order valence-electron chi connectivity index (χ3n) is 2.62. The lowest BCUT2D eigenvalue weighted by Crippen LogP contribution is -1.84. The fraction of sp³-hybridized carbons (Fsp3) is 0. The normalized spacial score (nSPS) is 10.6. The molecule has 0 saturated heterocycles. The molecule has 0 saturated carbocycles. The summed E-state index contributed by atoms with van der Waals surface area (Å²) < 4.78 is 5.62. The monoisotopic (exact) mass is 225 g/mol. The fourth-order valence-electron chi connectivity index (χ4n) is 1.77. The molecule has 3 rings (SSSR count). The molecule has 0 atom stereocenters. The lowest BCUT2D eigenvalue weighted by atomic mass is 10.2. The molecule has 0 amide bonds. The second-order valence-electron chi connectivity index (χ2n) is 3.80. The Morgan fingerprint density at radius 3 is 2.76 bits per heavy atom. The summed E-state index contributed by atoms with van der Waals surface area (Å²) in [6.07, 6.45) is 1.88. The van der Waals surface area contributed by atoms with Crippen LogP contribution in [0.15, 0.2) is 54.7 Å². The molecular weight excluding hydrogens is 214 g/mol. The van der Waals surface area contributed by atoms with Crippen LogP contribution in [0.4, 0.5) is 0 Å². The summed E-state index contributed by atoms with van der Waals surface area (Å²) in [5.41, 5.74) is 1.06. The zero-order chi connectivity index (χ0) is 11.7. The van der Waals surface area contributed by atoms with Crippen LogP contribution >= 0.6 is 0 Å². The first-order chi connectivity index (χ1) is 8.33. The molecule has 1 heterocycles. The molecule has 0 radical (unpaired) electrons. The van der Waals surface area contributed by atoms with Crippen molar-refractivity contribution in [2.75, 3.05) is 0 Å². The van der Waals surface area contributed by atoms with Gasteiger partial charge in [0.15, 0.2) is 11.5 Å². The van der Waals surface area contributed by atoms with Crippen molar-refractivity contribution in [3.05, 3.63) is 54.7 Å². The van der Waals surface area contributed by atoms with Gasteiger partial charge in [-0.25, -0.2) is 0 Å². The number of para-hydroxylation sites is 2. The third-order valence-corrected chi connectivity index (χ3v) is 2.62. The van der Waals surface area contributed by atoms with Gasteiger partial charge in [0.05, 0.1) is 0 Å². The van der Waals surface area contributed by atoms with Gasteiger partial charge in [-0.1, -0.05) is 12.1 Å². The van der Waals surface area contributed by atoms with E-state index in [1.54, 1.807) is 18.2 Å². The summed E-state index contributed by atoms with van der Waals surface area (Å²) in [5, 5.41) is 10.7. The van der Waals surface area contributed by atoms with Gasteiger partial charge in [0.2, 0.25) is 0 Å². The van der Waals surface area contributed by atoms with E-state index in [4.69, 9.17) is 4.74 Å². The second kappa shape index (κ2) is 3.87. The molecule has 3 nitrogen and oxygen atoms in total. The zero-order valence-electron chi connectivity index (χ0n) is 9.05. The SMILES string of the molecule is Oc1ccccc1Oc1ccc2[nH]ccc2c1. The molecular formula is C14H11NO2. The number of hydrogen-bond acceptors (Lipinski definition) is 2. The smallest absolute Gasteiger partial charge is 0.169 e. The van der Waals surface area contributed by atoms with Crippen molar-refractivity contribution in [1.82, 2.24) is 4.98 Å². The van der Waals surface area contributed by atoms with Crippen LogP contribution in [0.3, 0.4) is 0 Å². The summed E-state index contributed by atoms with van der Waals surface area (Å²) in [7, 11) is 0. The van der Waals surface area contributed by atoms with E-state index >= 15 is 0 Å². The first-order valence-corrected chi connectivity index (χ1v) is 5.36. The first-order valence-electron chi connectivity index (χ1n) is 5.36. The van der Waals surface area contributed by atoms with Crippen LogP contribution in [0.5, 0.6) is 17.2 Å². The van der Waals surface area contributed by atoms with E-state index in [1.165, 1.54) is 0 Å². The molecule has 1 aromatic heterocycles. The standard InChI is InChI=1S/C14H11NO2/c16-13-3-1-2-4-14(13)17-11-5-6-12-10(9-11)7-8-15-12/h1-9,15-16H. The number of hydrogen-bond donors (Lipinski definition) is 2. The Hall–Kier alpha value is -2.42. The van der Waals surface area contributed by atoms with E-state index in [1.807, 2.05) is 36.5 Å². The lowest BCUT2D eigenvalue weighted by Gasteiger charge is -2.07. The summed E-state index contributed by atoms with van der Waals surface area (Å²) >= 11 is 0. The average molecular weight is 225 g/mol. The predicted molar refractivity (Wildman–Crippen MR) is 66.5 cm³/mol. The molecule has 0 aliphatic heterocycles. The highest BCUT2D eigenvalue weighted by Crippen LogP contribution is 2.31. The van der Waals surface area contributed by atoms with E-state index in [0.29, 0.717) is 11.5 Å². The molecule has 84 valence electrons.